The van der Waals surface area contributed by atoms with Crippen molar-refractivity contribution >= 4 is 5.97 Å². The third-order valence-electron chi connectivity index (χ3n) is 3.85. The third kappa shape index (κ3) is 2.61. The Kier molecular flexibility index (Phi) is 5.55. The lowest BCUT2D eigenvalue weighted by atomic mass is 9.84. The van der Waals surface area contributed by atoms with Crippen molar-refractivity contribution < 1.29 is 9.90 Å². The summed E-state index contributed by atoms with van der Waals surface area (Å²) in [6.45, 7) is 7.57. The van der Waals surface area contributed by atoms with Crippen LogP contribution in [0.15, 0.2) is 12.8 Å². The van der Waals surface area contributed by atoms with Gasteiger partial charge in [0, 0.05) is 20.3 Å². The van der Waals surface area contributed by atoms with Gasteiger partial charge in [-0.1, -0.05) is 6.58 Å². The molecule has 1 unspecified atom stereocenters. The molecule has 6 heteroatoms. The minimum absolute atomic E-state index is 0.666. The van der Waals surface area contributed by atoms with E-state index in [1.165, 1.54) is 0 Å². The average Bonchev–Trinajstić information content (AvgIpc) is 2.22. The van der Waals surface area contributed by atoms with Crippen molar-refractivity contribution in [2.24, 2.45) is 0 Å². The second kappa shape index (κ2) is 5.90. The van der Waals surface area contributed by atoms with Gasteiger partial charge in [0.25, 0.3) is 0 Å². The molecular formula is C13H28N4O2. The number of likely N-dealkylation sites (N-methyl/N-ethyl adjacent to an activating group) is 2. The quantitative estimate of drug-likeness (QED) is 0.541. The second-order valence-corrected chi connectivity index (χ2v) is 5.70. The zero-order valence-electron chi connectivity index (χ0n) is 13.4. The molecule has 0 spiro atoms. The fourth-order valence-corrected chi connectivity index (χ4v) is 2.48. The maximum Gasteiger partial charge on any atom is 0.348 e. The highest BCUT2D eigenvalue weighted by atomic mass is 16.4. The maximum atomic E-state index is 12.1. The fraction of sp³-hybridized carbons (Fsp3) is 0.769. The molecule has 0 saturated heterocycles. The van der Waals surface area contributed by atoms with Crippen molar-refractivity contribution in [3.63, 3.8) is 0 Å². The lowest BCUT2D eigenvalue weighted by molar-refractivity contribution is -0.204. The Morgan fingerprint density at radius 2 is 1.47 bits per heavy atom. The number of carbonyl (C=O) groups is 1. The summed E-state index contributed by atoms with van der Waals surface area (Å²) in [5, 5.41) is 13.3. The molecule has 0 fully saturated rings. The molecule has 0 amide bonds. The first kappa shape index (κ1) is 17.9. The van der Waals surface area contributed by atoms with Crippen molar-refractivity contribution in [3.05, 3.63) is 12.8 Å². The Balaban J connectivity index is 6.28. The molecule has 0 aliphatic heterocycles. The molecule has 0 saturated carbocycles. The van der Waals surface area contributed by atoms with Crippen LogP contribution in [-0.4, -0.2) is 84.4 Å². The van der Waals surface area contributed by atoms with Gasteiger partial charge in [-0.25, -0.2) is 9.80 Å². The van der Waals surface area contributed by atoms with Crippen LogP contribution in [0, 0.1) is 0 Å². The molecule has 0 rings (SSSR count). The van der Waals surface area contributed by atoms with Crippen molar-refractivity contribution in [2.45, 2.75) is 25.0 Å². The Bertz CT molecular complexity index is 340. The smallest absolute Gasteiger partial charge is 0.348 e. The summed E-state index contributed by atoms with van der Waals surface area (Å²) in [7, 11) is 10.9. The van der Waals surface area contributed by atoms with E-state index in [4.69, 9.17) is 0 Å². The zero-order chi connectivity index (χ0) is 15.6. The highest BCUT2D eigenvalue weighted by Crippen LogP contribution is 2.35. The fourth-order valence-electron chi connectivity index (χ4n) is 2.48. The maximum absolute atomic E-state index is 12.1. The first-order valence-electron chi connectivity index (χ1n) is 6.15. The normalized spacial score (nSPS) is 15.7. The van der Waals surface area contributed by atoms with Gasteiger partial charge >= 0.3 is 5.97 Å². The highest BCUT2D eigenvalue weighted by molar-refractivity contribution is 5.80. The van der Waals surface area contributed by atoms with Gasteiger partial charge < -0.3 is 10.0 Å². The molecule has 1 atom stereocenters. The molecule has 112 valence electrons. The van der Waals surface area contributed by atoms with E-state index >= 15 is 0 Å². The Morgan fingerprint density at radius 1 is 1.05 bits per heavy atom. The SMILES string of the molecule is C=CN(N(C)C)C(C(=O)O)(N(C)C)C(C)(C)N(C)C. The number of aliphatic carboxylic acids is 1. The third-order valence-corrected chi connectivity index (χ3v) is 3.85. The van der Waals surface area contributed by atoms with Crippen molar-refractivity contribution in [1.82, 2.24) is 19.8 Å². The van der Waals surface area contributed by atoms with Crippen LogP contribution < -0.4 is 0 Å². The minimum atomic E-state index is -1.28. The molecule has 6 nitrogen and oxygen atoms in total. The first-order chi connectivity index (χ1) is 8.47. The number of hydrazine groups is 1. The molecule has 1 N–H and O–H groups in total. The van der Waals surface area contributed by atoms with E-state index in [1.54, 1.807) is 49.3 Å². The van der Waals surface area contributed by atoms with Crippen LogP contribution in [0.1, 0.15) is 13.8 Å². The van der Waals surface area contributed by atoms with E-state index in [1.807, 2.05) is 32.8 Å². The molecule has 0 bridgehead atoms. The molecule has 0 aliphatic carbocycles. The lowest BCUT2D eigenvalue weighted by Crippen LogP contribution is -2.77. The number of carboxylic acid groups (broad SMARTS) is 1. The summed E-state index contributed by atoms with van der Waals surface area (Å²) >= 11 is 0. The van der Waals surface area contributed by atoms with E-state index in [0.717, 1.165) is 0 Å². The summed E-state index contributed by atoms with van der Waals surface area (Å²) in [5.41, 5.74) is -1.94. The molecule has 0 aromatic carbocycles. The van der Waals surface area contributed by atoms with Crippen molar-refractivity contribution in [1.29, 1.82) is 0 Å². The summed E-state index contributed by atoms with van der Waals surface area (Å²) < 4.78 is 0. The van der Waals surface area contributed by atoms with Gasteiger partial charge in [-0.2, -0.15) is 0 Å². The Hall–Kier alpha value is -1.11. The first-order valence-corrected chi connectivity index (χ1v) is 6.15. The molecule has 0 heterocycles. The van der Waals surface area contributed by atoms with Crippen LogP contribution in [-0.2, 0) is 4.79 Å². The van der Waals surface area contributed by atoms with Gasteiger partial charge in [-0.3, -0.25) is 9.91 Å². The summed E-state index contributed by atoms with van der Waals surface area (Å²) in [4.78, 5) is 15.7. The van der Waals surface area contributed by atoms with Crippen LogP contribution in [0.25, 0.3) is 0 Å². The molecule has 0 aliphatic rings. The molecule has 0 radical (unpaired) electrons. The average molecular weight is 272 g/mol. The largest absolute Gasteiger partial charge is 0.478 e. The van der Waals surface area contributed by atoms with E-state index in [0.29, 0.717) is 0 Å². The minimum Gasteiger partial charge on any atom is -0.478 e. The van der Waals surface area contributed by atoms with Crippen LogP contribution in [0.5, 0.6) is 0 Å². The Labute approximate surface area is 116 Å². The summed E-state index contributed by atoms with van der Waals surface area (Å²) in [6.07, 6.45) is 1.54. The summed E-state index contributed by atoms with van der Waals surface area (Å²) in [6, 6.07) is 0. The summed E-state index contributed by atoms with van der Waals surface area (Å²) in [5.74, 6) is -0.926. The van der Waals surface area contributed by atoms with E-state index in [2.05, 4.69) is 6.58 Å². The van der Waals surface area contributed by atoms with E-state index < -0.39 is 17.2 Å². The van der Waals surface area contributed by atoms with Crippen LogP contribution in [0.3, 0.4) is 0 Å². The number of rotatable bonds is 7. The predicted octanol–water partition coefficient (Wildman–Crippen LogP) is 0.591. The molecule has 0 aromatic heterocycles. The number of hydrogen-bond acceptors (Lipinski definition) is 5. The number of carboxylic acids is 1. The monoisotopic (exact) mass is 272 g/mol. The lowest BCUT2D eigenvalue weighted by Gasteiger charge is -2.56. The van der Waals surface area contributed by atoms with Gasteiger partial charge in [0.15, 0.2) is 0 Å². The molecule has 0 aromatic rings. The van der Waals surface area contributed by atoms with Gasteiger partial charge in [0.2, 0.25) is 5.66 Å². The van der Waals surface area contributed by atoms with E-state index in [9.17, 15) is 9.90 Å². The molecule has 19 heavy (non-hydrogen) atoms. The molecular weight excluding hydrogens is 244 g/mol. The van der Waals surface area contributed by atoms with Gasteiger partial charge in [-0.05, 0) is 42.0 Å². The van der Waals surface area contributed by atoms with E-state index in [-0.39, 0.29) is 0 Å². The van der Waals surface area contributed by atoms with Gasteiger partial charge in [-0.15, -0.1) is 0 Å². The van der Waals surface area contributed by atoms with Crippen LogP contribution >= 0.6 is 0 Å². The van der Waals surface area contributed by atoms with Crippen LogP contribution in [0.2, 0.25) is 0 Å². The van der Waals surface area contributed by atoms with Crippen molar-refractivity contribution in [2.75, 3.05) is 42.3 Å². The van der Waals surface area contributed by atoms with Gasteiger partial charge in [0.1, 0.15) is 0 Å². The highest BCUT2D eigenvalue weighted by Gasteiger charge is 2.59. The van der Waals surface area contributed by atoms with Crippen LogP contribution in [0.4, 0.5) is 0 Å². The zero-order valence-corrected chi connectivity index (χ0v) is 13.4. The Morgan fingerprint density at radius 3 is 1.63 bits per heavy atom. The number of hydrogen-bond donors (Lipinski definition) is 1. The van der Waals surface area contributed by atoms with Crippen molar-refractivity contribution in [3.8, 4) is 0 Å². The standard InChI is InChI=1S/C13H28N4O2/c1-10-17(16(8)9)13(11(18)19,15(6)7)12(2,3)14(4)5/h10H,1H2,2-9H3,(H,18,19). The second-order valence-electron chi connectivity index (χ2n) is 5.70. The number of nitrogens with zero attached hydrogens (tertiary/aromatic N) is 4. The topological polar surface area (TPSA) is 50.3 Å². The predicted molar refractivity (Wildman–Crippen MR) is 77.5 cm³/mol. The van der Waals surface area contributed by atoms with Gasteiger partial charge in [0.05, 0.1) is 5.54 Å².